The van der Waals surface area contributed by atoms with Crippen molar-refractivity contribution in [3.63, 3.8) is 0 Å². The zero-order valence-electron chi connectivity index (χ0n) is 13.6. The van der Waals surface area contributed by atoms with Gasteiger partial charge in [0, 0.05) is 9.79 Å². The van der Waals surface area contributed by atoms with Crippen LogP contribution in [-0.4, -0.2) is 8.42 Å². The Bertz CT molecular complexity index is 821. The molecule has 0 spiro atoms. The van der Waals surface area contributed by atoms with E-state index >= 15 is 0 Å². The molecule has 0 aromatic heterocycles. The molecule has 0 unspecified atom stereocenters. The van der Waals surface area contributed by atoms with Gasteiger partial charge >= 0.3 is 0 Å². The highest BCUT2D eigenvalue weighted by Crippen LogP contribution is 2.26. The fraction of sp³-hybridized carbons (Fsp3) is 0.100. The van der Waals surface area contributed by atoms with Gasteiger partial charge in [0.25, 0.3) is 0 Å². The van der Waals surface area contributed by atoms with Crippen molar-refractivity contribution in [2.75, 3.05) is 0 Å². The number of hydrogen-bond acceptors (Lipinski definition) is 2. The zero-order valence-corrected chi connectivity index (χ0v) is 15.2. The molecule has 0 amide bonds. The molecule has 0 heterocycles. The Morgan fingerprint density at radius 3 is 1.21 bits per heavy atom. The lowest BCUT2D eigenvalue weighted by Crippen LogP contribution is -2.01. The van der Waals surface area contributed by atoms with Gasteiger partial charge in [-0.2, -0.15) is 0 Å². The summed E-state index contributed by atoms with van der Waals surface area (Å²) in [5.74, 6) is 0. The van der Waals surface area contributed by atoms with Crippen molar-refractivity contribution < 1.29 is 8.42 Å². The molecule has 2 nitrogen and oxygen atoms in total. The minimum absolute atomic E-state index is 0.597. The molecule has 2 atom stereocenters. The van der Waals surface area contributed by atoms with E-state index in [9.17, 15) is 8.42 Å². The quantitative estimate of drug-likeness (QED) is 0.684. The van der Waals surface area contributed by atoms with Gasteiger partial charge in [-0.1, -0.05) is 47.5 Å². The second-order valence-electron chi connectivity index (χ2n) is 5.61. The van der Waals surface area contributed by atoms with Gasteiger partial charge in [0.15, 0.2) is 0 Å². The Morgan fingerprint density at radius 1 is 0.542 bits per heavy atom. The van der Waals surface area contributed by atoms with Crippen molar-refractivity contribution in [1.82, 2.24) is 0 Å². The largest absolute Gasteiger partial charge is 0.249 e. The summed E-state index contributed by atoms with van der Waals surface area (Å²) < 4.78 is 25.9. The summed E-state index contributed by atoms with van der Waals surface area (Å²) in [4.78, 5) is 2.63. The topological polar surface area (TPSA) is 34.1 Å². The molecule has 0 saturated carbocycles. The monoisotopic (exact) mass is 354 g/mol. The van der Waals surface area contributed by atoms with Crippen LogP contribution in [0.1, 0.15) is 11.1 Å². The van der Waals surface area contributed by atoms with Crippen LogP contribution in [0.2, 0.25) is 0 Å². The van der Waals surface area contributed by atoms with Crippen LogP contribution in [0.3, 0.4) is 0 Å². The molecule has 0 fully saturated rings. The summed E-state index contributed by atoms with van der Waals surface area (Å²) >= 11 is 0. The highest BCUT2D eigenvalue weighted by atomic mass is 32.2. The second-order valence-corrected chi connectivity index (χ2v) is 8.51. The van der Waals surface area contributed by atoms with Crippen LogP contribution in [0.5, 0.6) is 0 Å². The summed E-state index contributed by atoms with van der Waals surface area (Å²) in [6, 6.07) is 22.4. The molecule has 0 bridgehead atoms. The van der Waals surface area contributed by atoms with E-state index in [1.165, 1.54) is 0 Å². The van der Waals surface area contributed by atoms with Crippen LogP contribution in [0, 0.1) is 13.8 Å². The fourth-order valence-electron chi connectivity index (χ4n) is 2.33. The number of benzene rings is 3. The average Bonchev–Trinajstić information content (AvgIpc) is 2.62. The molecule has 0 aliphatic rings. The first kappa shape index (κ1) is 16.8. The van der Waals surface area contributed by atoms with Gasteiger partial charge in [-0.15, -0.1) is 0 Å². The smallest absolute Gasteiger partial charge is 0.0862 e. The van der Waals surface area contributed by atoms with Gasteiger partial charge in [0.1, 0.15) is 0 Å². The highest BCUT2D eigenvalue weighted by Gasteiger charge is 2.17. The third kappa shape index (κ3) is 3.55. The third-order valence-electron chi connectivity index (χ3n) is 3.72. The summed E-state index contributed by atoms with van der Waals surface area (Å²) in [5, 5.41) is 0. The van der Waals surface area contributed by atoms with E-state index in [4.69, 9.17) is 0 Å². The van der Waals surface area contributed by atoms with Gasteiger partial charge in [-0.3, -0.25) is 0 Å². The summed E-state index contributed by atoms with van der Waals surface area (Å²) in [6.45, 7) is 3.99. The molecule has 24 heavy (non-hydrogen) atoms. The molecule has 3 rings (SSSR count). The van der Waals surface area contributed by atoms with Crippen molar-refractivity contribution in [3.8, 4) is 0 Å². The highest BCUT2D eigenvalue weighted by molar-refractivity contribution is 7.88. The average molecular weight is 354 g/mol. The second kappa shape index (κ2) is 7.24. The van der Waals surface area contributed by atoms with Crippen LogP contribution < -0.4 is 0 Å². The Hall–Kier alpha value is -2.04. The van der Waals surface area contributed by atoms with Crippen LogP contribution >= 0.6 is 0 Å². The lowest BCUT2D eigenvalue weighted by atomic mass is 10.2. The van der Waals surface area contributed by atoms with E-state index in [0.29, 0.717) is 19.6 Å². The molecule has 3 aromatic rings. The predicted molar refractivity (Wildman–Crippen MR) is 98.1 cm³/mol. The molecule has 122 valence electrons. The van der Waals surface area contributed by atoms with E-state index < -0.39 is 21.6 Å². The van der Waals surface area contributed by atoms with Crippen molar-refractivity contribution in [3.05, 3.63) is 83.9 Å². The Labute approximate surface area is 147 Å². The molecule has 0 saturated heterocycles. The van der Waals surface area contributed by atoms with Crippen LogP contribution in [0.15, 0.2) is 92.4 Å². The standard InChI is InChI=1S/C20H18O2S2/c1-15-7-11-17(12-8-15)23(21)19-5-3-4-6-20(19)24(22)18-13-9-16(2)10-14-18/h3-14H,1-2H3/t23-,24-/m0/s1. The van der Waals surface area contributed by atoms with E-state index in [2.05, 4.69) is 0 Å². The molecular weight excluding hydrogens is 336 g/mol. The molecule has 0 radical (unpaired) electrons. The third-order valence-corrected chi connectivity index (χ3v) is 6.76. The first-order valence-electron chi connectivity index (χ1n) is 7.62. The van der Waals surface area contributed by atoms with Crippen molar-refractivity contribution >= 4 is 21.6 Å². The maximum absolute atomic E-state index is 12.9. The summed E-state index contributed by atoms with van der Waals surface area (Å²) in [7, 11) is -2.72. The number of aryl methyl sites for hydroxylation is 2. The molecule has 4 heteroatoms. The fourth-order valence-corrected chi connectivity index (χ4v) is 4.97. The molecule has 3 aromatic carbocycles. The lowest BCUT2D eigenvalue weighted by molar-refractivity contribution is 0.674. The van der Waals surface area contributed by atoms with Crippen LogP contribution in [0.25, 0.3) is 0 Å². The summed E-state index contributed by atoms with van der Waals surface area (Å²) in [6.07, 6.45) is 0. The van der Waals surface area contributed by atoms with Crippen molar-refractivity contribution in [2.45, 2.75) is 33.4 Å². The van der Waals surface area contributed by atoms with E-state index in [1.54, 1.807) is 12.1 Å². The minimum atomic E-state index is -1.36. The van der Waals surface area contributed by atoms with Gasteiger partial charge in [-0.25, -0.2) is 8.42 Å². The first-order chi connectivity index (χ1) is 11.6. The zero-order chi connectivity index (χ0) is 17.1. The molecule has 0 aliphatic carbocycles. The maximum atomic E-state index is 12.9. The first-order valence-corrected chi connectivity index (χ1v) is 9.92. The van der Waals surface area contributed by atoms with E-state index in [0.717, 1.165) is 11.1 Å². The maximum Gasteiger partial charge on any atom is 0.0862 e. The Balaban J connectivity index is 2.01. The van der Waals surface area contributed by atoms with Crippen LogP contribution in [0.4, 0.5) is 0 Å². The Kier molecular flexibility index (Phi) is 5.07. The van der Waals surface area contributed by atoms with E-state index in [-0.39, 0.29) is 0 Å². The normalized spacial score (nSPS) is 13.4. The van der Waals surface area contributed by atoms with E-state index in [1.807, 2.05) is 74.5 Å². The molecular formula is C20H18O2S2. The SMILES string of the molecule is Cc1ccc([S@](=O)c2ccccc2[S@@](=O)c2ccc(C)cc2)cc1. The predicted octanol–water partition coefficient (Wildman–Crippen LogP) is 4.64. The number of hydrogen-bond donors (Lipinski definition) is 0. The van der Waals surface area contributed by atoms with Gasteiger partial charge in [0.05, 0.1) is 31.4 Å². The van der Waals surface area contributed by atoms with Gasteiger partial charge < -0.3 is 0 Å². The number of rotatable bonds is 4. The van der Waals surface area contributed by atoms with Crippen molar-refractivity contribution in [1.29, 1.82) is 0 Å². The Morgan fingerprint density at radius 2 is 0.875 bits per heavy atom. The molecule has 0 N–H and O–H groups in total. The minimum Gasteiger partial charge on any atom is -0.249 e. The lowest BCUT2D eigenvalue weighted by Gasteiger charge is -2.10. The van der Waals surface area contributed by atoms with Crippen molar-refractivity contribution in [2.24, 2.45) is 0 Å². The van der Waals surface area contributed by atoms with Gasteiger partial charge in [-0.05, 0) is 50.2 Å². The van der Waals surface area contributed by atoms with Crippen LogP contribution in [-0.2, 0) is 21.6 Å². The van der Waals surface area contributed by atoms with Gasteiger partial charge in [0.2, 0.25) is 0 Å². The summed E-state index contributed by atoms with van der Waals surface area (Å²) in [5.41, 5.74) is 2.24. The molecule has 0 aliphatic heterocycles.